The van der Waals surface area contributed by atoms with E-state index in [1.54, 1.807) is 0 Å². The van der Waals surface area contributed by atoms with Crippen LogP contribution in [0.4, 0.5) is 8.78 Å². The highest BCUT2D eigenvalue weighted by molar-refractivity contribution is 5.98. The number of esters is 1. The summed E-state index contributed by atoms with van der Waals surface area (Å²) >= 11 is 0. The van der Waals surface area contributed by atoms with E-state index >= 15 is 0 Å². The number of Topliss-reactive ketones (excluding diaryl/α,β-unsaturated/α-hetero) is 1. The van der Waals surface area contributed by atoms with Crippen LogP contribution in [0.3, 0.4) is 0 Å². The summed E-state index contributed by atoms with van der Waals surface area (Å²) in [7, 11) is 0. The highest BCUT2D eigenvalue weighted by Gasteiger charge is 2.19. The van der Waals surface area contributed by atoms with Crippen molar-refractivity contribution in [1.29, 1.82) is 5.26 Å². The van der Waals surface area contributed by atoms with Gasteiger partial charge in [-0.2, -0.15) is 5.26 Å². The zero-order valence-electron chi connectivity index (χ0n) is 13.2. The Kier molecular flexibility index (Phi) is 5.79. The smallest absolute Gasteiger partial charge is 0.347 e. The predicted octanol–water partition coefficient (Wildman–Crippen LogP) is 3.03. The largest absolute Gasteiger partial charge is 0.479 e. The zero-order valence-corrected chi connectivity index (χ0v) is 13.2. The molecule has 2 rings (SSSR count). The maximum Gasteiger partial charge on any atom is 0.347 e. The summed E-state index contributed by atoms with van der Waals surface area (Å²) in [5, 5.41) is 8.71. The van der Waals surface area contributed by atoms with Crippen molar-refractivity contribution in [3.8, 4) is 11.8 Å². The summed E-state index contributed by atoms with van der Waals surface area (Å²) in [6, 6.07) is 10.7. The Morgan fingerprint density at radius 1 is 1.12 bits per heavy atom. The van der Waals surface area contributed by atoms with Crippen LogP contribution in [0.25, 0.3) is 0 Å². The molecule has 0 fully saturated rings. The summed E-state index contributed by atoms with van der Waals surface area (Å²) in [5.41, 5.74) is 0.340. The molecule has 25 heavy (non-hydrogen) atoms. The minimum atomic E-state index is -1.16. The van der Waals surface area contributed by atoms with Crippen LogP contribution < -0.4 is 4.74 Å². The SMILES string of the molecule is C[C@@H](Oc1ccc(C#N)cc1)C(=O)OCC(=O)c1ccc(F)c(F)c1. The van der Waals surface area contributed by atoms with Crippen molar-refractivity contribution in [3.05, 3.63) is 65.2 Å². The molecule has 5 nitrogen and oxygen atoms in total. The van der Waals surface area contributed by atoms with Gasteiger partial charge in [0.2, 0.25) is 0 Å². The lowest BCUT2D eigenvalue weighted by atomic mass is 10.1. The van der Waals surface area contributed by atoms with E-state index in [1.807, 2.05) is 6.07 Å². The van der Waals surface area contributed by atoms with Gasteiger partial charge in [0.1, 0.15) is 5.75 Å². The Bertz CT molecular complexity index is 828. The van der Waals surface area contributed by atoms with E-state index in [1.165, 1.54) is 31.2 Å². The van der Waals surface area contributed by atoms with Crippen LogP contribution in [-0.4, -0.2) is 24.5 Å². The van der Waals surface area contributed by atoms with Crippen molar-refractivity contribution in [1.82, 2.24) is 0 Å². The Hall–Kier alpha value is -3.27. The molecule has 0 aliphatic carbocycles. The second kappa shape index (κ2) is 8.02. The van der Waals surface area contributed by atoms with Crippen molar-refractivity contribution in [2.45, 2.75) is 13.0 Å². The van der Waals surface area contributed by atoms with Crippen molar-refractivity contribution < 1.29 is 27.8 Å². The van der Waals surface area contributed by atoms with Crippen molar-refractivity contribution in [2.75, 3.05) is 6.61 Å². The fourth-order valence-electron chi connectivity index (χ4n) is 1.87. The molecule has 0 amide bonds. The third-order valence-electron chi connectivity index (χ3n) is 3.22. The third kappa shape index (κ3) is 4.85. The van der Waals surface area contributed by atoms with Gasteiger partial charge in [-0.3, -0.25) is 4.79 Å². The van der Waals surface area contributed by atoms with Gasteiger partial charge in [-0.15, -0.1) is 0 Å². The fraction of sp³-hybridized carbons (Fsp3) is 0.167. The molecule has 0 aromatic heterocycles. The molecule has 0 aliphatic heterocycles. The van der Waals surface area contributed by atoms with Gasteiger partial charge in [-0.1, -0.05) is 0 Å². The van der Waals surface area contributed by atoms with Crippen LogP contribution in [0.15, 0.2) is 42.5 Å². The Balaban J connectivity index is 1.88. The summed E-state index contributed by atoms with van der Waals surface area (Å²) in [6.07, 6.45) is -0.995. The monoisotopic (exact) mass is 345 g/mol. The molecule has 0 radical (unpaired) electrons. The lowest BCUT2D eigenvalue weighted by Gasteiger charge is -2.13. The number of hydrogen-bond acceptors (Lipinski definition) is 5. The van der Waals surface area contributed by atoms with E-state index < -0.39 is 36.1 Å². The van der Waals surface area contributed by atoms with Crippen molar-refractivity contribution in [3.63, 3.8) is 0 Å². The van der Waals surface area contributed by atoms with Crippen molar-refractivity contribution in [2.24, 2.45) is 0 Å². The van der Waals surface area contributed by atoms with E-state index in [-0.39, 0.29) is 5.56 Å². The summed E-state index contributed by atoms with van der Waals surface area (Å²) in [5.74, 6) is -3.33. The summed E-state index contributed by atoms with van der Waals surface area (Å²) in [6.45, 7) is 0.813. The average molecular weight is 345 g/mol. The van der Waals surface area contributed by atoms with E-state index in [0.29, 0.717) is 11.3 Å². The highest BCUT2D eigenvalue weighted by Crippen LogP contribution is 2.14. The molecule has 0 spiro atoms. The van der Waals surface area contributed by atoms with E-state index in [0.717, 1.165) is 18.2 Å². The van der Waals surface area contributed by atoms with Crippen LogP contribution in [-0.2, 0) is 9.53 Å². The molecule has 7 heteroatoms. The first-order valence-electron chi connectivity index (χ1n) is 7.22. The first-order valence-corrected chi connectivity index (χ1v) is 7.22. The van der Waals surface area contributed by atoms with E-state index in [2.05, 4.69) is 0 Å². The van der Waals surface area contributed by atoms with Gasteiger partial charge in [0, 0.05) is 5.56 Å². The average Bonchev–Trinajstić information content (AvgIpc) is 2.62. The van der Waals surface area contributed by atoms with Crippen LogP contribution in [0, 0.1) is 23.0 Å². The second-order valence-electron chi connectivity index (χ2n) is 5.06. The Morgan fingerprint density at radius 3 is 2.40 bits per heavy atom. The van der Waals surface area contributed by atoms with Gasteiger partial charge in [0.25, 0.3) is 0 Å². The first-order chi connectivity index (χ1) is 11.9. The number of carbonyl (C=O) groups excluding carboxylic acids is 2. The number of ketones is 1. The molecule has 2 aromatic rings. The van der Waals surface area contributed by atoms with Crippen LogP contribution in [0.5, 0.6) is 5.75 Å². The van der Waals surface area contributed by atoms with E-state index in [9.17, 15) is 18.4 Å². The topological polar surface area (TPSA) is 76.4 Å². The Morgan fingerprint density at radius 2 is 1.80 bits per heavy atom. The van der Waals surface area contributed by atoms with Gasteiger partial charge in [-0.25, -0.2) is 13.6 Å². The van der Waals surface area contributed by atoms with Crippen molar-refractivity contribution >= 4 is 11.8 Å². The molecular formula is C18H13F2NO4. The predicted molar refractivity (Wildman–Crippen MR) is 82.9 cm³/mol. The number of carbonyl (C=O) groups is 2. The van der Waals surface area contributed by atoms with Crippen LogP contribution >= 0.6 is 0 Å². The highest BCUT2D eigenvalue weighted by atomic mass is 19.2. The quantitative estimate of drug-likeness (QED) is 0.594. The number of nitrogens with zero attached hydrogens (tertiary/aromatic N) is 1. The lowest BCUT2D eigenvalue weighted by Crippen LogP contribution is -2.28. The fourth-order valence-corrected chi connectivity index (χ4v) is 1.87. The van der Waals surface area contributed by atoms with Gasteiger partial charge >= 0.3 is 5.97 Å². The molecule has 128 valence electrons. The number of rotatable bonds is 6. The number of nitriles is 1. The molecule has 0 saturated carbocycles. The van der Waals surface area contributed by atoms with Crippen LogP contribution in [0.1, 0.15) is 22.8 Å². The molecule has 0 heterocycles. The maximum atomic E-state index is 13.1. The van der Waals surface area contributed by atoms with Crippen LogP contribution in [0.2, 0.25) is 0 Å². The molecule has 0 saturated heterocycles. The summed E-state index contributed by atoms with van der Waals surface area (Å²) < 4.78 is 36.1. The molecule has 1 atom stereocenters. The minimum Gasteiger partial charge on any atom is -0.479 e. The molecule has 0 aliphatic rings. The number of halogens is 2. The number of benzene rings is 2. The molecular weight excluding hydrogens is 332 g/mol. The van der Waals surface area contributed by atoms with Gasteiger partial charge in [0.15, 0.2) is 30.1 Å². The van der Waals surface area contributed by atoms with Gasteiger partial charge in [0.05, 0.1) is 11.6 Å². The standard InChI is InChI=1S/C18H13F2NO4/c1-11(25-14-5-2-12(9-21)3-6-14)18(23)24-10-17(22)13-4-7-15(19)16(20)8-13/h2-8,11H,10H2,1H3/t11-/m1/s1. The molecule has 2 aromatic carbocycles. The van der Waals surface area contributed by atoms with E-state index in [4.69, 9.17) is 14.7 Å². The molecule has 0 bridgehead atoms. The zero-order chi connectivity index (χ0) is 18.4. The lowest BCUT2D eigenvalue weighted by molar-refractivity contribution is -0.149. The summed E-state index contributed by atoms with van der Waals surface area (Å²) in [4.78, 5) is 23.7. The molecule has 0 unspecified atom stereocenters. The second-order valence-corrected chi connectivity index (χ2v) is 5.06. The van der Waals surface area contributed by atoms with Gasteiger partial charge < -0.3 is 9.47 Å². The minimum absolute atomic E-state index is 0.104. The number of hydrogen-bond donors (Lipinski definition) is 0. The maximum absolute atomic E-state index is 13.1. The molecule has 0 N–H and O–H groups in total. The van der Waals surface area contributed by atoms with Gasteiger partial charge in [-0.05, 0) is 49.4 Å². The normalized spacial score (nSPS) is 11.3. The third-order valence-corrected chi connectivity index (χ3v) is 3.22. The Labute approximate surface area is 142 Å². The first kappa shape index (κ1) is 18.1. The number of ether oxygens (including phenoxy) is 2.